The van der Waals surface area contributed by atoms with Crippen LogP contribution in [0.2, 0.25) is 0 Å². The summed E-state index contributed by atoms with van der Waals surface area (Å²) in [5, 5.41) is 17.1. The van der Waals surface area contributed by atoms with Crippen LogP contribution in [0.5, 0.6) is 5.75 Å². The summed E-state index contributed by atoms with van der Waals surface area (Å²) >= 11 is 1.30. The van der Waals surface area contributed by atoms with Crippen molar-refractivity contribution >= 4 is 25.8 Å². The first kappa shape index (κ1) is 33.8. The molecule has 38 heavy (non-hydrogen) atoms. The molecular weight excluding hydrogens is 563 g/mol. The van der Waals surface area contributed by atoms with Gasteiger partial charge in [0.25, 0.3) is 0 Å². The zero-order valence-corrected chi connectivity index (χ0v) is 27.4. The zero-order valence-electron chi connectivity index (χ0n) is 24.2. The van der Waals surface area contributed by atoms with Gasteiger partial charge in [0.2, 0.25) is 0 Å². The van der Waals surface area contributed by atoms with Crippen molar-refractivity contribution in [2.45, 2.75) is 66.2 Å². The fraction of sp³-hybridized carbons (Fsp3) is 0.286. The van der Waals surface area contributed by atoms with Crippen LogP contribution in [0.25, 0.3) is 21.5 Å². The van der Waals surface area contributed by atoms with Crippen LogP contribution in [-0.4, -0.2) is 4.21 Å². The van der Waals surface area contributed by atoms with Gasteiger partial charge in [-0.25, -0.2) is 0 Å². The number of hydrogen-bond acceptors (Lipinski definition) is 1. The summed E-state index contributed by atoms with van der Waals surface area (Å²) in [6.45, 7) is 17.0. The van der Waals surface area contributed by atoms with Crippen molar-refractivity contribution < 1.29 is 41.7 Å². The fourth-order valence-electron chi connectivity index (χ4n) is 4.19. The van der Waals surface area contributed by atoms with Gasteiger partial charge in [0.15, 0.2) is 0 Å². The van der Waals surface area contributed by atoms with E-state index in [1.807, 2.05) is 6.07 Å². The van der Waals surface area contributed by atoms with E-state index in [1.165, 1.54) is 62.5 Å². The summed E-state index contributed by atoms with van der Waals surface area (Å²) in [6.07, 6.45) is 0. The molecule has 0 spiro atoms. The molecule has 0 aliphatic rings. The third-order valence-electron chi connectivity index (χ3n) is 6.18. The van der Waals surface area contributed by atoms with Gasteiger partial charge in [-0.3, -0.25) is 0 Å². The number of aryl methyl sites for hydroxylation is 2. The first-order valence-electron chi connectivity index (χ1n) is 12.8. The number of hydrogen-bond donors (Lipinski definition) is 0. The van der Waals surface area contributed by atoms with Gasteiger partial charge < -0.3 is 17.5 Å². The summed E-state index contributed by atoms with van der Waals surface area (Å²) in [4.78, 5) is 0. The van der Waals surface area contributed by atoms with Crippen molar-refractivity contribution in [1.29, 1.82) is 0 Å². The van der Waals surface area contributed by atoms with Crippen molar-refractivity contribution in [3.63, 3.8) is 0 Å². The van der Waals surface area contributed by atoms with Crippen LogP contribution < -0.4 is 17.5 Å². The minimum Gasteiger partial charge on any atom is -1.00 e. The Labute approximate surface area is 251 Å². The van der Waals surface area contributed by atoms with Gasteiger partial charge in [0.1, 0.15) is 0 Å². The zero-order chi connectivity index (χ0) is 27.8. The molecule has 1 nitrogen and oxygen atoms in total. The SMILES string of the molecule is CC(C)(C)c1ccc([O-])c(C(C)(C)C)c1.Cc1cc2ccccc2[cH-]1.Cc1cc2ccccc2[cH-]1.[CH2]=[Zr+2].[Cl-]. The average molecular weight is 604 g/mol. The molecule has 0 saturated carbocycles. The van der Waals surface area contributed by atoms with Crippen molar-refractivity contribution in [2.75, 3.05) is 0 Å². The van der Waals surface area contributed by atoms with E-state index in [1.54, 1.807) is 6.07 Å². The topological polar surface area (TPSA) is 23.1 Å². The number of fused-ring (bicyclic) bond motifs is 2. The molecule has 0 fully saturated rings. The van der Waals surface area contributed by atoms with E-state index in [2.05, 4.69) is 138 Å². The second-order valence-electron chi connectivity index (χ2n) is 11.5. The summed E-state index contributed by atoms with van der Waals surface area (Å²) in [7, 11) is 0. The van der Waals surface area contributed by atoms with Crippen molar-refractivity contribution in [1.82, 2.24) is 0 Å². The van der Waals surface area contributed by atoms with Gasteiger partial charge in [-0.2, -0.15) is 12.1 Å². The molecule has 0 aromatic heterocycles. The molecule has 0 N–H and O–H groups in total. The first-order valence-corrected chi connectivity index (χ1v) is 14.5. The van der Waals surface area contributed by atoms with E-state index in [0.717, 1.165) is 5.56 Å². The largest absolute Gasteiger partial charge is 1.00 e. The molecule has 0 unspecified atom stereocenters. The number of benzene rings is 3. The molecule has 0 heterocycles. The molecular formula is C35H41ClOZr-2. The van der Waals surface area contributed by atoms with Gasteiger partial charge in [-0.05, 0) is 16.4 Å². The number of rotatable bonds is 0. The molecule has 0 atom stereocenters. The van der Waals surface area contributed by atoms with Gasteiger partial charge in [-0.1, -0.05) is 91.3 Å². The van der Waals surface area contributed by atoms with Crippen molar-refractivity contribution in [3.05, 3.63) is 113 Å². The Kier molecular flexibility index (Phi) is 13.1. The Hall–Kier alpha value is -2.28. The third-order valence-corrected chi connectivity index (χ3v) is 6.18. The van der Waals surface area contributed by atoms with E-state index in [0.29, 0.717) is 0 Å². The van der Waals surface area contributed by atoms with Gasteiger partial charge in [0.05, 0.1) is 0 Å². The standard InChI is InChI=1S/C14H22O.2C10H9.CH2.ClH.Zr/c1-13(2,3)10-7-8-12(15)11(9-10)14(4,5)6;2*1-8-6-9-4-2-3-5-10(9)7-8;;;/h7-9,15H,1-6H3;2*2-7H,1H3;1H2;1H;/q;2*-1;;;+2/p-2. The van der Waals surface area contributed by atoms with E-state index < -0.39 is 0 Å². The molecule has 200 valence electrons. The van der Waals surface area contributed by atoms with E-state index >= 15 is 0 Å². The maximum atomic E-state index is 11.7. The van der Waals surface area contributed by atoms with Crippen LogP contribution in [0, 0.1) is 13.8 Å². The van der Waals surface area contributed by atoms with Crippen LogP contribution in [-0.2, 0) is 35.1 Å². The first-order chi connectivity index (χ1) is 17.3. The monoisotopic (exact) mass is 602 g/mol. The van der Waals surface area contributed by atoms with Crippen LogP contribution in [0.3, 0.4) is 0 Å². The van der Waals surface area contributed by atoms with Crippen LogP contribution in [0.1, 0.15) is 63.8 Å². The van der Waals surface area contributed by atoms with Crippen LogP contribution in [0.4, 0.5) is 0 Å². The van der Waals surface area contributed by atoms with E-state index in [9.17, 15) is 5.11 Å². The normalized spacial score (nSPS) is 10.8. The predicted octanol–water partition coefficient (Wildman–Crippen LogP) is 6.06. The minimum absolute atomic E-state index is 0. The molecule has 0 aliphatic heterocycles. The Morgan fingerprint density at radius 2 is 1.05 bits per heavy atom. The second kappa shape index (κ2) is 14.8. The Morgan fingerprint density at radius 1 is 0.632 bits per heavy atom. The Morgan fingerprint density at radius 3 is 1.42 bits per heavy atom. The van der Waals surface area contributed by atoms with E-state index in [-0.39, 0.29) is 29.0 Å². The second-order valence-corrected chi connectivity index (χ2v) is 11.5. The smallest absolute Gasteiger partial charge is 1.00 e. The summed E-state index contributed by atoms with van der Waals surface area (Å²) < 4.78 is 3.34. The van der Waals surface area contributed by atoms with Crippen LogP contribution >= 0.6 is 0 Å². The maximum absolute atomic E-state index is 11.7. The predicted molar refractivity (Wildman–Crippen MR) is 159 cm³/mol. The molecule has 5 aromatic carbocycles. The average Bonchev–Trinajstić information content (AvgIpc) is 3.40. The van der Waals surface area contributed by atoms with Crippen molar-refractivity contribution in [3.8, 4) is 5.75 Å². The molecule has 5 rings (SSSR count). The molecule has 0 saturated heterocycles. The molecule has 0 amide bonds. The Balaban J connectivity index is 0.000000278. The molecule has 3 heteroatoms. The number of halogens is 1. The fourth-order valence-corrected chi connectivity index (χ4v) is 4.19. The van der Waals surface area contributed by atoms with E-state index in [4.69, 9.17) is 0 Å². The maximum Gasteiger partial charge on any atom is -1.00 e. The summed E-state index contributed by atoms with van der Waals surface area (Å²) in [5.41, 5.74) is 4.87. The molecule has 0 radical (unpaired) electrons. The summed E-state index contributed by atoms with van der Waals surface area (Å²) in [6, 6.07) is 31.4. The quantitative estimate of drug-likeness (QED) is 0.197. The molecule has 0 aliphatic carbocycles. The third kappa shape index (κ3) is 9.79. The molecule has 5 aromatic rings. The Bertz CT molecular complexity index is 1270. The van der Waals surface area contributed by atoms with Crippen molar-refractivity contribution in [2.24, 2.45) is 0 Å². The van der Waals surface area contributed by atoms with Gasteiger partial charge in [0, 0.05) is 0 Å². The summed E-state index contributed by atoms with van der Waals surface area (Å²) in [5.74, 6) is 0.149. The minimum atomic E-state index is -0.0711. The van der Waals surface area contributed by atoms with Gasteiger partial charge >= 0.3 is 28.4 Å². The molecule has 0 bridgehead atoms. The van der Waals surface area contributed by atoms with Gasteiger partial charge in [-0.15, -0.1) is 87.0 Å². The van der Waals surface area contributed by atoms with Crippen LogP contribution in [0.15, 0.2) is 91.0 Å².